The van der Waals surface area contributed by atoms with E-state index in [0.717, 1.165) is 0 Å². The summed E-state index contributed by atoms with van der Waals surface area (Å²) in [7, 11) is 0. The highest BCUT2D eigenvalue weighted by Gasteiger charge is 2.47. The number of ether oxygens (including phenoxy) is 1. The van der Waals surface area contributed by atoms with Crippen molar-refractivity contribution >= 4 is 12.1 Å². The molecule has 0 aromatic carbocycles. The zero-order valence-corrected chi connectivity index (χ0v) is 13.3. The molecule has 2 rings (SSSR count). The number of fused-ring (bicyclic) bond motifs is 1. The maximum atomic E-state index is 13.8. The predicted octanol–water partition coefficient (Wildman–Crippen LogP) is 2.27. The predicted molar refractivity (Wildman–Crippen MR) is 75.1 cm³/mol. The van der Waals surface area contributed by atoms with Crippen LogP contribution >= 0.6 is 0 Å². The number of aromatic nitrogens is 2. The molecule has 0 unspecified atom stereocenters. The molecule has 0 saturated carbocycles. The number of aromatic amines is 1. The number of aliphatic carboxylic acids is 1. The molecule has 1 atom stereocenters. The largest absolute Gasteiger partial charge is 0.476 e. The van der Waals surface area contributed by atoms with Gasteiger partial charge in [0.15, 0.2) is 0 Å². The van der Waals surface area contributed by atoms with Gasteiger partial charge in [-0.05, 0) is 27.7 Å². The Kier molecular flexibility index (Phi) is 4.08. The first kappa shape index (κ1) is 17.2. The molecule has 128 valence electrons. The summed E-state index contributed by atoms with van der Waals surface area (Å²) in [6.07, 6.45) is -0.376. The van der Waals surface area contributed by atoms with Crippen molar-refractivity contribution in [3.63, 3.8) is 0 Å². The van der Waals surface area contributed by atoms with Gasteiger partial charge in [0.2, 0.25) is 0 Å². The topological polar surface area (TPSA) is 95.5 Å². The Hall–Kier alpha value is -2.19. The Morgan fingerprint density at radius 1 is 1.39 bits per heavy atom. The fourth-order valence-electron chi connectivity index (χ4n) is 2.40. The molecule has 9 heteroatoms. The number of rotatable bonds is 2. The van der Waals surface area contributed by atoms with Crippen LogP contribution in [0.15, 0.2) is 0 Å². The Bertz CT molecular complexity index is 636. The molecule has 0 radical (unpaired) electrons. The van der Waals surface area contributed by atoms with Gasteiger partial charge < -0.3 is 14.7 Å². The molecule has 0 aliphatic carbocycles. The summed E-state index contributed by atoms with van der Waals surface area (Å²) in [6, 6.07) is -0.288. The number of H-pyrrole nitrogens is 1. The fourth-order valence-corrected chi connectivity index (χ4v) is 2.40. The molecular weight excluding hydrogens is 312 g/mol. The van der Waals surface area contributed by atoms with Crippen LogP contribution < -0.4 is 0 Å². The highest BCUT2D eigenvalue weighted by atomic mass is 19.3. The molecule has 0 fully saturated rings. The number of nitrogens with one attached hydrogen (secondary N) is 1. The van der Waals surface area contributed by atoms with E-state index in [-0.39, 0.29) is 24.6 Å². The zero-order valence-electron chi connectivity index (χ0n) is 13.3. The Morgan fingerprint density at radius 3 is 2.52 bits per heavy atom. The minimum atomic E-state index is -4.12. The highest BCUT2D eigenvalue weighted by molar-refractivity contribution is 5.77. The van der Waals surface area contributed by atoms with Gasteiger partial charge in [0.25, 0.3) is 0 Å². The second-order valence-corrected chi connectivity index (χ2v) is 6.57. The highest BCUT2D eigenvalue weighted by Crippen LogP contribution is 2.34. The third-order valence-electron chi connectivity index (χ3n) is 3.51. The van der Waals surface area contributed by atoms with Crippen LogP contribution in [-0.2, 0) is 28.4 Å². The van der Waals surface area contributed by atoms with Gasteiger partial charge >= 0.3 is 18.0 Å². The molecule has 23 heavy (non-hydrogen) atoms. The van der Waals surface area contributed by atoms with Crippen molar-refractivity contribution in [3.05, 3.63) is 17.0 Å². The van der Waals surface area contributed by atoms with E-state index in [9.17, 15) is 18.4 Å². The standard InChI is InChI=1S/C14H19F2N3O4/c1-7-5-9-8(6-19(7)12(22)23-13(2,3)4)10(18-17-9)14(15,16)11(20)21/h7H,5-6H2,1-4H3,(H,17,18)(H,20,21)/t7-/m1/s1. The van der Waals surface area contributed by atoms with Gasteiger partial charge in [-0.25, -0.2) is 9.59 Å². The molecule has 1 aromatic rings. The average Bonchev–Trinajstić information content (AvgIpc) is 2.78. The monoisotopic (exact) mass is 331 g/mol. The van der Waals surface area contributed by atoms with Gasteiger partial charge in [-0.1, -0.05) is 0 Å². The Labute approximate surface area is 131 Å². The lowest BCUT2D eigenvalue weighted by molar-refractivity contribution is -0.167. The average molecular weight is 331 g/mol. The molecule has 2 N–H and O–H groups in total. The number of hydrogen-bond acceptors (Lipinski definition) is 4. The van der Waals surface area contributed by atoms with Crippen LogP contribution in [0.25, 0.3) is 0 Å². The van der Waals surface area contributed by atoms with Gasteiger partial charge in [-0.2, -0.15) is 13.9 Å². The van der Waals surface area contributed by atoms with Crippen LogP contribution in [0.3, 0.4) is 0 Å². The zero-order chi connectivity index (χ0) is 17.6. The van der Waals surface area contributed by atoms with Crippen LogP contribution in [0.1, 0.15) is 44.6 Å². The van der Waals surface area contributed by atoms with Crippen LogP contribution in [0, 0.1) is 0 Å². The van der Waals surface area contributed by atoms with Gasteiger partial charge in [0.1, 0.15) is 11.3 Å². The molecule has 1 aliphatic heterocycles. The number of alkyl halides is 2. The molecule has 1 aromatic heterocycles. The number of halogens is 2. The second-order valence-electron chi connectivity index (χ2n) is 6.57. The number of nitrogens with zero attached hydrogens (tertiary/aromatic N) is 2. The molecule has 7 nitrogen and oxygen atoms in total. The minimum Gasteiger partial charge on any atom is -0.476 e. The summed E-state index contributed by atoms with van der Waals surface area (Å²) < 4.78 is 32.8. The van der Waals surface area contributed by atoms with Crippen molar-refractivity contribution in [2.45, 2.75) is 58.2 Å². The Morgan fingerprint density at radius 2 is 2.00 bits per heavy atom. The van der Waals surface area contributed by atoms with E-state index >= 15 is 0 Å². The van der Waals surface area contributed by atoms with Crippen molar-refractivity contribution in [3.8, 4) is 0 Å². The molecule has 1 amide bonds. The molecule has 2 heterocycles. The van der Waals surface area contributed by atoms with E-state index in [2.05, 4.69) is 10.2 Å². The number of carboxylic acid groups (broad SMARTS) is 1. The first-order chi connectivity index (χ1) is 10.4. The minimum absolute atomic E-state index is 0.0290. The summed E-state index contributed by atoms with van der Waals surface area (Å²) in [4.78, 5) is 24.3. The fraction of sp³-hybridized carbons (Fsp3) is 0.643. The van der Waals surface area contributed by atoms with E-state index in [1.165, 1.54) is 4.90 Å². The summed E-state index contributed by atoms with van der Waals surface area (Å²) >= 11 is 0. The van der Waals surface area contributed by atoms with E-state index in [1.54, 1.807) is 27.7 Å². The number of hydrogen-bond donors (Lipinski definition) is 2. The number of carboxylic acids is 1. The lowest BCUT2D eigenvalue weighted by Gasteiger charge is -2.35. The summed E-state index contributed by atoms with van der Waals surface area (Å²) in [5.41, 5.74) is -1.14. The van der Waals surface area contributed by atoms with Crippen LogP contribution in [0.2, 0.25) is 0 Å². The lowest BCUT2D eigenvalue weighted by atomic mass is 9.98. The molecule has 0 saturated heterocycles. The van der Waals surface area contributed by atoms with Crippen LogP contribution in [0.4, 0.5) is 13.6 Å². The van der Waals surface area contributed by atoms with Crippen molar-refractivity contribution < 1.29 is 28.2 Å². The van der Waals surface area contributed by atoms with E-state index < -0.39 is 29.3 Å². The summed E-state index contributed by atoms with van der Waals surface area (Å²) in [6.45, 7) is 6.68. The lowest BCUT2D eigenvalue weighted by Crippen LogP contribution is -2.45. The van der Waals surface area contributed by atoms with Crippen LogP contribution in [0.5, 0.6) is 0 Å². The van der Waals surface area contributed by atoms with Gasteiger partial charge in [-0.3, -0.25) is 5.10 Å². The van der Waals surface area contributed by atoms with Crippen LogP contribution in [-0.4, -0.2) is 43.9 Å². The first-order valence-electron chi connectivity index (χ1n) is 7.11. The number of carbonyl (C=O) groups excluding carboxylic acids is 1. The summed E-state index contributed by atoms with van der Waals surface area (Å²) in [5, 5.41) is 14.6. The van der Waals surface area contributed by atoms with Gasteiger partial charge in [-0.15, -0.1) is 0 Å². The van der Waals surface area contributed by atoms with E-state index in [0.29, 0.717) is 5.69 Å². The quantitative estimate of drug-likeness (QED) is 0.867. The number of amides is 1. The van der Waals surface area contributed by atoms with Gasteiger partial charge in [0, 0.05) is 23.7 Å². The maximum Gasteiger partial charge on any atom is 0.410 e. The van der Waals surface area contributed by atoms with Crippen molar-refractivity contribution in [2.24, 2.45) is 0 Å². The van der Waals surface area contributed by atoms with E-state index in [1.807, 2.05) is 0 Å². The second kappa shape index (κ2) is 5.47. The van der Waals surface area contributed by atoms with E-state index in [4.69, 9.17) is 9.84 Å². The van der Waals surface area contributed by atoms with Crippen molar-refractivity contribution in [1.29, 1.82) is 0 Å². The smallest absolute Gasteiger partial charge is 0.410 e. The third kappa shape index (κ3) is 3.27. The Balaban J connectivity index is 2.32. The first-order valence-corrected chi connectivity index (χ1v) is 7.11. The van der Waals surface area contributed by atoms with Gasteiger partial charge in [0.05, 0.1) is 6.54 Å². The van der Waals surface area contributed by atoms with Crippen molar-refractivity contribution in [2.75, 3.05) is 0 Å². The third-order valence-corrected chi connectivity index (χ3v) is 3.51. The molecule has 0 spiro atoms. The molecule has 1 aliphatic rings. The normalized spacial score (nSPS) is 18.5. The number of carbonyl (C=O) groups is 2. The summed E-state index contributed by atoms with van der Waals surface area (Å²) in [5.74, 6) is -6.40. The molecule has 0 bridgehead atoms. The SMILES string of the molecule is C[C@@H]1Cc2[nH]nc(C(F)(F)C(=O)O)c2CN1C(=O)OC(C)(C)C. The van der Waals surface area contributed by atoms with Crippen molar-refractivity contribution in [1.82, 2.24) is 15.1 Å². The maximum absolute atomic E-state index is 13.8. The molecular formula is C14H19F2N3O4.